The van der Waals surface area contributed by atoms with Crippen LogP contribution in [0, 0.1) is 6.92 Å². The molecular weight excluding hydrogens is 508 g/mol. The zero-order valence-corrected chi connectivity index (χ0v) is 22.5. The summed E-state index contributed by atoms with van der Waals surface area (Å²) in [5.74, 6) is 0.871. The van der Waals surface area contributed by atoms with E-state index >= 15 is 0 Å². The highest BCUT2D eigenvalue weighted by atomic mass is 16.6. The molecule has 4 rings (SSSR count). The van der Waals surface area contributed by atoms with Crippen LogP contribution in [0.1, 0.15) is 48.8 Å². The molecule has 0 aliphatic heterocycles. The Morgan fingerprint density at radius 1 is 1.02 bits per heavy atom. The Balaban J connectivity index is 1.30. The van der Waals surface area contributed by atoms with Crippen molar-refractivity contribution in [2.24, 2.45) is 0 Å². The highest BCUT2D eigenvalue weighted by Gasteiger charge is 2.27. The van der Waals surface area contributed by atoms with Crippen molar-refractivity contribution in [1.29, 1.82) is 0 Å². The predicted octanol–water partition coefficient (Wildman–Crippen LogP) is 5.15. The summed E-state index contributed by atoms with van der Waals surface area (Å²) in [5, 5.41) is 16.8. The zero-order chi connectivity index (χ0) is 28.2. The quantitative estimate of drug-likeness (QED) is 0.199. The Morgan fingerprint density at radius 2 is 1.88 bits per heavy atom. The van der Waals surface area contributed by atoms with Crippen molar-refractivity contribution in [1.82, 2.24) is 20.6 Å². The third-order valence-electron chi connectivity index (χ3n) is 6.33. The number of aryl methyl sites for hydroxylation is 2. The number of aliphatic hydroxyl groups excluding tert-OH is 1. The van der Waals surface area contributed by atoms with Gasteiger partial charge in [0.1, 0.15) is 0 Å². The highest BCUT2D eigenvalue weighted by molar-refractivity contribution is 5.76. The Labute approximate surface area is 233 Å². The van der Waals surface area contributed by atoms with Crippen LogP contribution in [0.25, 0.3) is 11.3 Å². The van der Waals surface area contributed by atoms with E-state index in [-0.39, 0.29) is 18.2 Å². The first-order valence-corrected chi connectivity index (χ1v) is 13.4. The van der Waals surface area contributed by atoms with Crippen molar-refractivity contribution >= 4 is 12.0 Å². The van der Waals surface area contributed by atoms with Crippen LogP contribution < -0.4 is 15.4 Å². The maximum Gasteiger partial charge on any atom is 0.412 e. The van der Waals surface area contributed by atoms with E-state index in [1.807, 2.05) is 55.5 Å². The van der Waals surface area contributed by atoms with E-state index in [9.17, 15) is 14.7 Å². The van der Waals surface area contributed by atoms with Gasteiger partial charge in [-0.15, -0.1) is 0 Å². The number of nitrogens with zero attached hydrogens (tertiary/aromatic N) is 2. The van der Waals surface area contributed by atoms with Gasteiger partial charge in [0.2, 0.25) is 11.8 Å². The zero-order valence-electron chi connectivity index (χ0n) is 22.5. The molecule has 2 heterocycles. The standard InChI is InChI=1S/C31H34N4O5/c1-22-9-7-10-23(19-22)15-16-26(29(37)30-34-21-27(40-30)24-11-3-2-4-12-24)35-28(36)14-5-6-18-33-31(38)39-25-13-8-17-32-20-25/h2-4,7-13,17,19-21,26,29,37H,5-6,14-16,18H2,1H3,(H,33,38)(H,35,36)/t26-,29?/m0/s1. The number of oxazole rings is 1. The molecule has 0 radical (unpaired) electrons. The number of pyridine rings is 1. The highest BCUT2D eigenvalue weighted by Crippen LogP contribution is 2.26. The van der Waals surface area contributed by atoms with E-state index in [0.29, 0.717) is 43.7 Å². The summed E-state index contributed by atoms with van der Waals surface area (Å²) in [4.78, 5) is 32.9. The van der Waals surface area contributed by atoms with Crippen LogP contribution in [-0.2, 0) is 11.2 Å². The number of nitrogens with one attached hydrogen (secondary N) is 2. The Kier molecular flexibility index (Phi) is 10.4. The van der Waals surface area contributed by atoms with Crippen LogP contribution >= 0.6 is 0 Å². The molecule has 0 aliphatic rings. The van der Waals surface area contributed by atoms with E-state index < -0.39 is 18.2 Å². The van der Waals surface area contributed by atoms with E-state index in [1.54, 1.807) is 24.5 Å². The fraction of sp³-hybridized carbons (Fsp3) is 0.290. The van der Waals surface area contributed by atoms with Crippen LogP contribution in [0.2, 0.25) is 0 Å². The Morgan fingerprint density at radius 3 is 2.65 bits per heavy atom. The Hall–Kier alpha value is -4.50. The fourth-order valence-electron chi connectivity index (χ4n) is 4.26. The fourth-order valence-corrected chi connectivity index (χ4v) is 4.26. The lowest BCUT2D eigenvalue weighted by atomic mass is 9.99. The number of hydrogen-bond acceptors (Lipinski definition) is 7. The summed E-state index contributed by atoms with van der Waals surface area (Å²) in [7, 11) is 0. The van der Waals surface area contributed by atoms with Crippen molar-refractivity contribution in [2.45, 2.75) is 51.2 Å². The third-order valence-corrected chi connectivity index (χ3v) is 6.33. The molecule has 9 heteroatoms. The van der Waals surface area contributed by atoms with Gasteiger partial charge in [-0.3, -0.25) is 9.78 Å². The first-order chi connectivity index (χ1) is 19.5. The van der Waals surface area contributed by atoms with Crippen LogP contribution in [0.15, 0.2) is 89.7 Å². The van der Waals surface area contributed by atoms with Gasteiger partial charge in [-0.25, -0.2) is 9.78 Å². The number of aromatic nitrogens is 2. The molecule has 0 fully saturated rings. The molecule has 2 amide bonds. The maximum atomic E-state index is 12.8. The molecule has 0 aliphatic carbocycles. The number of rotatable bonds is 13. The van der Waals surface area contributed by atoms with Gasteiger partial charge in [0.05, 0.1) is 18.4 Å². The van der Waals surface area contributed by atoms with Crippen molar-refractivity contribution in [2.75, 3.05) is 6.54 Å². The molecule has 0 bridgehead atoms. The van der Waals surface area contributed by atoms with Crippen LogP contribution in [0.5, 0.6) is 5.75 Å². The van der Waals surface area contributed by atoms with Crippen molar-refractivity contribution in [3.63, 3.8) is 0 Å². The molecule has 0 saturated carbocycles. The van der Waals surface area contributed by atoms with Gasteiger partial charge < -0.3 is 24.9 Å². The molecule has 2 aromatic carbocycles. The minimum absolute atomic E-state index is 0.157. The van der Waals surface area contributed by atoms with E-state index in [2.05, 4.69) is 26.7 Å². The summed E-state index contributed by atoms with van der Waals surface area (Å²) >= 11 is 0. The van der Waals surface area contributed by atoms with Crippen LogP contribution in [0.3, 0.4) is 0 Å². The molecule has 4 aromatic rings. The number of ether oxygens (including phenoxy) is 1. The summed E-state index contributed by atoms with van der Waals surface area (Å²) in [5.41, 5.74) is 3.12. The van der Waals surface area contributed by atoms with E-state index in [0.717, 1.165) is 16.7 Å². The average Bonchev–Trinajstić information content (AvgIpc) is 3.46. The average molecular weight is 543 g/mol. The van der Waals surface area contributed by atoms with Crippen molar-refractivity contribution in [3.05, 3.63) is 102 Å². The van der Waals surface area contributed by atoms with Crippen LogP contribution in [-0.4, -0.2) is 39.7 Å². The molecule has 2 aromatic heterocycles. The predicted molar refractivity (Wildman–Crippen MR) is 150 cm³/mol. The second-order valence-electron chi connectivity index (χ2n) is 9.54. The van der Waals surface area contributed by atoms with Gasteiger partial charge >= 0.3 is 6.09 Å². The molecule has 40 heavy (non-hydrogen) atoms. The molecule has 0 saturated heterocycles. The number of benzene rings is 2. The van der Waals surface area contributed by atoms with E-state index in [4.69, 9.17) is 9.15 Å². The number of hydrogen-bond donors (Lipinski definition) is 3. The number of amides is 2. The molecule has 2 atom stereocenters. The summed E-state index contributed by atoms with van der Waals surface area (Å²) < 4.78 is 11.0. The number of carbonyl (C=O) groups excluding carboxylic acids is 2. The Bertz CT molecular complexity index is 1360. The summed E-state index contributed by atoms with van der Waals surface area (Å²) in [6, 6.07) is 20.4. The normalized spacial score (nSPS) is 12.3. The topological polar surface area (TPSA) is 127 Å². The van der Waals surface area contributed by atoms with Gasteiger partial charge in [0.15, 0.2) is 17.6 Å². The van der Waals surface area contributed by atoms with Gasteiger partial charge in [-0.1, -0.05) is 60.2 Å². The summed E-state index contributed by atoms with van der Waals surface area (Å²) in [6.45, 7) is 2.40. The second-order valence-corrected chi connectivity index (χ2v) is 9.54. The lowest BCUT2D eigenvalue weighted by Crippen LogP contribution is -2.40. The van der Waals surface area contributed by atoms with Gasteiger partial charge in [0.25, 0.3) is 0 Å². The van der Waals surface area contributed by atoms with Gasteiger partial charge in [0, 0.05) is 24.7 Å². The smallest absolute Gasteiger partial charge is 0.412 e. The first kappa shape index (κ1) is 28.5. The number of aliphatic hydroxyl groups is 1. The van der Waals surface area contributed by atoms with Crippen molar-refractivity contribution < 1.29 is 23.8 Å². The van der Waals surface area contributed by atoms with Gasteiger partial charge in [-0.05, 0) is 50.3 Å². The molecule has 3 N–H and O–H groups in total. The third kappa shape index (κ3) is 8.78. The van der Waals surface area contributed by atoms with E-state index in [1.165, 1.54) is 6.20 Å². The minimum Gasteiger partial charge on any atom is -0.438 e. The maximum absolute atomic E-state index is 12.8. The monoisotopic (exact) mass is 542 g/mol. The van der Waals surface area contributed by atoms with Crippen LogP contribution in [0.4, 0.5) is 4.79 Å². The molecule has 208 valence electrons. The second kappa shape index (κ2) is 14.6. The van der Waals surface area contributed by atoms with Gasteiger partial charge in [-0.2, -0.15) is 0 Å². The molecular formula is C31H34N4O5. The largest absolute Gasteiger partial charge is 0.438 e. The number of unbranched alkanes of at least 4 members (excludes halogenated alkanes) is 1. The summed E-state index contributed by atoms with van der Waals surface area (Å²) in [6.07, 6.45) is 5.49. The molecule has 0 spiro atoms. The lowest BCUT2D eigenvalue weighted by Gasteiger charge is -2.22. The van der Waals surface area contributed by atoms with Crippen molar-refractivity contribution in [3.8, 4) is 17.1 Å². The first-order valence-electron chi connectivity index (χ1n) is 13.4. The SMILES string of the molecule is Cc1cccc(CC[C@H](NC(=O)CCCCNC(=O)Oc2cccnc2)C(O)c2ncc(-c3ccccc3)o2)c1. The molecule has 9 nitrogen and oxygen atoms in total. The lowest BCUT2D eigenvalue weighted by molar-refractivity contribution is -0.123. The number of carbonyl (C=O) groups is 2. The molecule has 1 unspecified atom stereocenters. The minimum atomic E-state index is -1.12.